The fourth-order valence-corrected chi connectivity index (χ4v) is 1.45. The molecule has 0 saturated heterocycles. The highest BCUT2D eigenvalue weighted by molar-refractivity contribution is 5.96. The molecular formula is C13H16FNO3. The monoisotopic (exact) mass is 253 g/mol. The second kappa shape index (κ2) is 6.74. The predicted molar refractivity (Wildman–Crippen MR) is 65.2 cm³/mol. The van der Waals surface area contributed by atoms with Gasteiger partial charge in [-0.3, -0.25) is 9.59 Å². The maximum atomic E-state index is 13.0. The molecule has 0 aliphatic carbocycles. The molecule has 0 atom stereocenters. The van der Waals surface area contributed by atoms with E-state index in [9.17, 15) is 14.0 Å². The molecule has 5 heteroatoms. The van der Waals surface area contributed by atoms with Gasteiger partial charge < -0.3 is 10.1 Å². The summed E-state index contributed by atoms with van der Waals surface area (Å²) >= 11 is 0. The van der Waals surface area contributed by atoms with Crippen molar-refractivity contribution < 1.29 is 18.7 Å². The van der Waals surface area contributed by atoms with Crippen LogP contribution in [-0.2, 0) is 4.79 Å². The quantitative estimate of drug-likeness (QED) is 0.788. The minimum atomic E-state index is -0.479. The summed E-state index contributed by atoms with van der Waals surface area (Å²) in [4.78, 5) is 22.5. The van der Waals surface area contributed by atoms with Crippen LogP contribution in [0.1, 0.15) is 30.6 Å². The van der Waals surface area contributed by atoms with Gasteiger partial charge in [-0.05, 0) is 26.0 Å². The van der Waals surface area contributed by atoms with Crippen molar-refractivity contribution in [3.63, 3.8) is 0 Å². The van der Waals surface area contributed by atoms with Crippen LogP contribution in [0.5, 0.6) is 5.75 Å². The van der Waals surface area contributed by atoms with Crippen molar-refractivity contribution in [3.05, 3.63) is 29.6 Å². The van der Waals surface area contributed by atoms with E-state index in [1.54, 1.807) is 0 Å². The number of carbonyl (C=O) groups excluding carboxylic acids is 2. The number of halogens is 1. The fourth-order valence-electron chi connectivity index (χ4n) is 1.45. The van der Waals surface area contributed by atoms with Crippen molar-refractivity contribution in [2.45, 2.75) is 20.3 Å². The summed E-state index contributed by atoms with van der Waals surface area (Å²) in [6.45, 7) is 3.86. The van der Waals surface area contributed by atoms with Crippen LogP contribution in [-0.4, -0.2) is 24.8 Å². The first-order valence-electron chi connectivity index (χ1n) is 5.74. The molecule has 1 N–H and O–H groups in total. The number of amides is 1. The molecule has 0 aromatic heterocycles. The van der Waals surface area contributed by atoms with Gasteiger partial charge in [0.05, 0.1) is 18.6 Å². The molecule has 1 aromatic carbocycles. The Bertz CT molecular complexity index is 446. The lowest BCUT2D eigenvalue weighted by atomic mass is 10.1. The highest BCUT2D eigenvalue weighted by atomic mass is 19.1. The molecule has 0 saturated carbocycles. The number of nitrogens with one attached hydrogen (secondary N) is 1. The molecule has 1 rings (SSSR count). The van der Waals surface area contributed by atoms with Crippen LogP contribution in [0, 0.1) is 5.82 Å². The van der Waals surface area contributed by atoms with E-state index < -0.39 is 5.82 Å². The van der Waals surface area contributed by atoms with E-state index in [1.807, 2.05) is 6.92 Å². The van der Waals surface area contributed by atoms with Gasteiger partial charge in [0.25, 0.3) is 0 Å². The zero-order chi connectivity index (χ0) is 13.5. The number of carbonyl (C=O) groups is 2. The van der Waals surface area contributed by atoms with E-state index >= 15 is 0 Å². The average Bonchev–Trinajstić information content (AvgIpc) is 2.29. The Morgan fingerprint density at radius 2 is 2.11 bits per heavy atom. The maximum Gasteiger partial charge on any atom is 0.223 e. The molecule has 0 bridgehead atoms. The van der Waals surface area contributed by atoms with Crippen LogP contribution in [0.2, 0.25) is 0 Å². The molecular weight excluding hydrogens is 237 g/mol. The van der Waals surface area contributed by atoms with Crippen molar-refractivity contribution in [1.29, 1.82) is 0 Å². The number of rotatable bonds is 6. The maximum absolute atomic E-state index is 13.0. The minimum Gasteiger partial charge on any atom is -0.492 e. The van der Waals surface area contributed by atoms with Gasteiger partial charge in [0.15, 0.2) is 5.78 Å². The zero-order valence-corrected chi connectivity index (χ0v) is 10.5. The Balaban J connectivity index is 2.63. The number of ether oxygens (including phenoxy) is 1. The van der Waals surface area contributed by atoms with Gasteiger partial charge in [0, 0.05) is 12.6 Å². The molecule has 18 heavy (non-hydrogen) atoms. The summed E-state index contributed by atoms with van der Waals surface area (Å²) in [5.41, 5.74) is 0.312. The average molecular weight is 253 g/mol. The Morgan fingerprint density at radius 1 is 1.39 bits per heavy atom. The standard InChI is InChI=1S/C13H16FNO3/c1-3-15-13(17)6-7-18-12-8-10(14)4-5-11(12)9(2)16/h4-5,8H,3,6-7H2,1-2H3,(H,15,17). The Labute approximate surface area is 105 Å². The van der Waals surface area contributed by atoms with Crippen LogP contribution >= 0.6 is 0 Å². The Morgan fingerprint density at radius 3 is 2.72 bits per heavy atom. The number of benzene rings is 1. The highest BCUT2D eigenvalue weighted by Gasteiger charge is 2.10. The summed E-state index contributed by atoms with van der Waals surface area (Å²) in [5, 5.41) is 2.62. The first-order chi connectivity index (χ1) is 8.54. The normalized spacial score (nSPS) is 9.94. The number of ketones is 1. The van der Waals surface area contributed by atoms with E-state index in [4.69, 9.17) is 4.74 Å². The number of hydrogen-bond donors (Lipinski definition) is 1. The molecule has 0 heterocycles. The first kappa shape index (κ1) is 14.2. The Kier molecular flexibility index (Phi) is 5.30. The SMILES string of the molecule is CCNC(=O)CCOc1cc(F)ccc1C(C)=O. The van der Waals surface area contributed by atoms with Crippen molar-refractivity contribution in [2.24, 2.45) is 0 Å². The van der Waals surface area contributed by atoms with E-state index in [1.165, 1.54) is 19.1 Å². The Hall–Kier alpha value is -1.91. The molecule has 1 aromatic rings. The summed E-state index contributed by atoms with van der Waals surface area (Å²) in [6.07, 6.45) is 0.168. The van der Waals surface area contributed by atoms with Crippen LogP contribution in [0.4, 0.5) is 4.39 Å². The van der Waals surface area contributed by atoms with E-state index in [0.717, 1.165) is 6.07 Å². The predicted octanol–water partition coefficient (Wildman–Crippen LogP) is 1.93. The van der Waals surface area contributed by atoms with Crippen LogP contribution in [0.3, 0.4) is 0 Å². The third kappa shape index (κ3) is 4.16. The molecule has 0 aliphatic rings. The lowest BCUT2D eigenvalue weighted by Gasteiger charge is -2.09. The van der Waals surface area contributed by atoms with Gasteiger partial charge in [-0.1, -0.05) is 0 Å². The van der Waals surface area contributed by atoms with Gasteiger partial charge in [0.2, 0.25) is 5.91 Å². The van der Waals surface area contributed by atoms with Crippen LogP contribution in [0.25, 0.3) is 0 Å². The van der Waals surface area contributed by atoms with Crippen molar-refractivity contribution in [2.75, 3.05) is 13.2 Å². The van der Waals surface area contributed by atoms with E-state index in [0.29, 0.717) is 12.1 Å². The topological polar surface area (TPSA) is 55.4 Å². The van der Waals surface area contributed by atoms with Gasteiger partial charge in [-0.15, -0.1) is 0 Å². The summed E-state index contributed by atoms with van der Waals surface area (Å²) < 4.78 is 18.3. The third-order valence-electron chi connectivity index (χ3n) is 2.28. The summed E-state index contributed by atoms with van der Waals surface area (Å²) in [6, 6.07) is 3.72. The molecule has 0 spiro atoms. The largest absolute Gasteiger partial charge is 0.492 e. The smallest absolute Gasteiger partial charge is 0.223 e. The lowest BCUT2D eigenvalue weighted by molar-refractivity contribution is -0.121. The summed E-state index contributed by atoms with van der Waals surface area (Å²) in [5.74, 6) is -0.652. The zero-order valence-electron chi connectivity index (χ0n) is 10.5. The second-order valence-corrected chi connectivity index (χ2v) is 3.75. The number of Topliss-reactive ketones (excluding diaryl/α,β-unsaturated/α-hetero) is 1. The second-order valence-electron chi connectivity index (χ2n) is 3.75. The van der Waals surface area contributed by atoms with Crippen molar-refractivity contribution in [3.8, 4) is 5.75 Å². The molecule has 4 nitrogen and oxygen atoms in total. The van der Waals surface area contributed by atoms with Gasteiger partial charge in [-0.2, -0.15) is 0 Å². The minimum absolute atomic E-state index is 0.107. The molecule has 0 fully saturated rings. The number of hydrogen-bond acceptors (Lipinski definition) is 3. The van der Waals surface area contributed by atoms with Crippen molar-refractivity contribution >= 4 is 11.7 Å². The van der Waals surface area contributed by atoms with E-state index in [-0.39, 0.29) is 30.5 Å². The fraction of sp³-hybridized carbons (Fsp3) is 0.385. The highest BCUT2D eigenvalue weighted by Crippen LogP contribution is 2.20. The molecule has 0 unspecified atom stereocenters. The van der Waals surface area contributed by atoms with Gasteiger partial charge in [-0.25, -0.2) is 4.39 Å². The lowest BCUT2D eigenvalue weighted by Crippen LogP contribution is -2.24. The summed E-state index contributed by atoms with van der Waals surface area (Å²) in [7, 11) is 0. The van der Waals surface area contributed by atoms with Crippen molar-refractivity contribution in [1.82, 2.24) is 5.32 Å². The molecule has 98 valence electrons. The first-order valence-corrected chi connectivity index (χ1v) is 5.74. The third-order valence-corrected chi connectivity index (χ3v) is 2.28. The molecule has 0 aliphatic heterocycles. The van der Waals surface area contributed by atoms with Gasteiger partial charge >= 0.3 is 0 Å². The molecule has 0 radical (unpaired) electrons. The van der Waals surface area contributed by atoms with Crippen LogP contribution in [0.15, 0.2) is 18.2 Å². The molecule has 1 amide bonds. The van der Waals surface area contributed by atoms with Crippen LogP contribution < -0.4 is 10.1 Å². The van der Waals surface area contributed by atoms with Gasteiger partial charge in [0.1, 0.15) is 11.6 Å². The van der Waals surface area contributed by atoms with E-state index in [2.05, 4.69) is 5.32 Å².